The van der Waals surface area contributed by atoms with Crippen LogP contribution in [0.25, 0.3) is 55.7 Å². The van der Waals surface area contributed by atoms with Gasteiger partial charge in [0.1, 0.15) is 62.4 Å². The normalized spacial score (nSPS) is 10.8. The molecule has 6 aromatic rings. The molecular formula is C42H30O16. The SMILES string of the molecule is CC(=O)Oc1ccc(-c2cc(=O)c3c(OC(C)=O)cc(OC(C)=O)c(-c4c(-c5ccc(OC(C)=O)cc5)oc5cc(OC(C)=O)cc(OC(C)=O)c5c4=O)c3o2)cc1. The Bertz CT molecular complexity index is 2830. The van der Waals surface area contributed by atoms with Crippen LogP contribution in [0, 0.1) is 0 Å². The molecule has 0 saturated heterocycles. The topological polar surface area (TPSA) is 218 Å². The molecule has 0 fully saturated rings. The van der Waals surface area contributed by atoms with Gasteiger partial charge >= 0.3 is 35.8 Å². The minimum Gasteiger partial charge on any atom is -0.455 e. The van der Waals surface area contributed by atoms with E-state index in [0.717, 1.165) is 45.9 Å². The van der Waals surface area contributed by atoms with E-state index in [2.05, 4.69) is 0 Å². The molecule has 4 aromatic carbocycles. The number of rotatable bonds is 9. The van der Waals surface area contributed by atoms with Gasteiger partial charge in [-0.15, -0.1) is 0 Å². The van der Waals surface area contributed by atoms with Crippen LogP contribution in [0.2, 0.25) is 0 Å². The summed E-state index contributed by atoms with van der Waals surface area (Å²) in [5.74, 6) is -5.96. The Morgan fingerprint density at radius 3 is 1.43 bits per heavy atom. The predicted molar refractivity (Wildman–Crippen MR) is 203 cm³/mol. The summed E-state index contributed by atoms with van der Waals surface area (Å²) in [4.78, 5) is 102. The third-order valence-corrected chi connectivity index (χ3v) is 7.91. The van der Waals surface area contributed by atoms with Gasteiger partial charge in [0.25, 0.3) is 0 Å². The summed E-state index contributed by atoms with van der Waals surface area (Å²) in [5, 5.41) is -0.714. The van der Waals surface area contributed by atoms with Crippen molar-refractivity contribution in [1.82, 2.24) is 0 Å². The van der Waals surface area contributed by atoms with Crippen molar-refractivity contribution in [2.45, 2.75) is 41.5 Å². The van der Waals surface area contributed by atoms with Crippen LogP contribution in [0.15, 0.2) is 91.2 Å². The standard InChI is InChI=1S/C42H30O16/c1-19(43)51-27-11-7-25(8-12-27)31-17-30(49)36-34(55-23(5)47)18-35(56-24(6)48)38(42(36)57-31)39-40(50)37-32(54-22(4)46)15-29(53-21(3)45)16-33(37)58-41(39)26-9-13-28(14-10-26)52-20(2)44/h7-18H,1-6H3. The van der Waals surface area contributed by atoms with Crippen molar-refractivity contribution in [1.29, 1.82) is 0 Å². The van der Waals surface area contributed by atoms with E-state index in [9.17, 15) is 33.6 Å². The number of benzene rings is 4. The Balaban J connectivity index is 1.81. The lowest BCUT2D eigenvalue weighted by molar-refractivity contribution is -0.133. The molecule has 0 atom stereocenters. The Labute approximate surface area is 326 Å². The van der Waals surface area contributed by atoms with E-state index in [1.807, 2.05) is 0 Å². The van der Waals surface area contributed by atoms with Crippen LogP contribution >= 0.6 is 0 Å². The number of hydrogen-bond donors (Lipinski definition) is 0. The number of carbonyl (C=O) groups excluding carboxylic acids is 6. The zero-order chi connectivity index (χ0) is 42.0. The highest BCUT2D eigenvalue weighted by Gasteiger charge is 2.31. The predicted octanol–water partition coefficient (Wildman–Crippen LogP) is 6.45. The summed E-state index contributed by atoms with van der Waals surface area (Å²) in [6, 6.07) is 16.0. The van der Waals surface area contributed by atoms with Crippen molar-refractivity contribution in [2.24, 2.45) is 0 Å². The maximum absolute atomic E-state index is 15.2. The van der Waals surface area contributed by atoms with Gasteiger partial charge in [0.2, 0.25) is 5.43 Å². The van der Waals surface area contributed by atoms with Crippen molar-refractivity contribution in [2.75, 3.05) is 0 Å². The summed E-state index contributed by atoms with van der Waals surface area (Å²) < 4.78 is 44.8. The quantitative estimate of drug-likeness (QED) is 0.113. The average Bonchev–Trinajstić information content (AvgIpc) is 3.11. The molecule has 58 heavy (non-hydrogen) atoms. The molecule has 0 saturated carbocycles. The summed E-state index contributed by atoms with van der Waals surface area (Å²) in [6.45, 7) is 6.75. The molecule has 0 N–H and O–H groups in total. The summed E-state index contributed by atoms with van der Waals surface area (Å²) in [7, 11) is 0. The molecule has 0 aliphatic heterocycles. The zero-order valence-corrected chi connectivity index (χ0v) is 31.5. The van der Waals surface area contributed by atoms with E-state index >= 15 is 4.79 Å². The fraction of sp³-hybridized carbons (Fsp3) is 0.143. The molecule has 6 rings (SSSR count). The monoisotopic (exact) mass is 790 g/mol. The highest BCUT2D eigenvalue weighted by atomic mass is 16.6. The maximum Gasteiger partial charge on any atom is 0.308 e. The highest BCUT2D eigenvalue weighted by molar-refractivity contribution is 6.06. The third kappa shape index (κ3) is 8.50. The number of fused-ring (bicyclic) bond motifs is 2. The Hall–Kier alpha value is -7.88. The van der Waals surface area contributed by atoms with Gasteiger partial charge in [0.05, 0.1) is 11.1 Å². The molecule has 2 aromatic heterocycles. The Morgan fingerprint density at radius 2 is 0.914 bits per heavy atom. The molecule has 0 amide bonds. The molecule has 16 nitrogen and oxygen atoms in total. The van der Waals surface area contributed by atoms with E-state index in [4.69, 9.17) is 37.3 Å². The number of carbonyl (C=O) groups is 6. The molecular weight excluding hydrogens is 760 g/mol. The summed E-state index contributed by atoms with van der Waals surface area (Å²) in [5.41, 5.74) is -2.68. The lowest BCUT2D eigenvalue weighted by Crippen LogP contribution is -2.15. The van der Waals surface area contributed by atoms with Crippen LogP contribution in [-0.2, 0) is 28.8 Å². The van der Waals surface area contributed by atoms with E-state index < -0.39 is 75.1 Å². The number of esters is 6. The van der Waals surface area contributed by atoms with Crippen molar-refractivity contribution >= 4 is 57.8 Å². The van der Waals surface area contributed by atoms with Crippen LogP contribution in [0.1, 0.15) is 41.5 Å². The van der Waals surface area contributed by atoms with E-state index in [1.54, 1.807) is 0 Å². The minimum absolute atomic E-state index is 0.0917. The van der Waals surface area contributed by atoms with Gasteiger partial charge in [-0.05, 0) is 48.5 Å². The van der Waals surface area contributed by atoms with Gasteiger partial charge < -0.3 is 37.3 Å². The first-order chi connectivity index (χ1) is 27.5. The molecule has 0 aliphatic rings. The molecule has 0 aliphatic carbocycles. The van der Waals surface area contributed by atoms with Crippen LogP contribution in [0.4, 0.5) is 0 Å². The second-order valence-corrected chi connectivity index (χ2v) is 12.5. The first-order valence-corrected chi connectivity index (χ1v) is 17.1. The van der Waals surface area contributed by atoms with Gasteiger partial charge in [-0.25, -0.2) is 0 Å². The molecule has 0 spiro atoms. The molecule has 0 radical (unpaired) electrons. The lowest BCUT2D eigenvalue weighted by atomic mass is 9.94. The van der Waals surface area contributed by atoms with Crippen molar-refractivity contribution in [3.05, 3.63) is 93.2 Å². The number of ether oxygens (including phenoxy) is 6. The van der Waals surface area contributed by atoms with Gasteiger partial charge in [-0.3, -0.25) is 38.4 Å². The third-order valence-electron chi connectivity index (χ3n) is 7.91. The maximum atomic E-state index is 15.2. The minimum atomic E-state index is -0.931. The highest BCUT2D eigenvalue weighted by Crippen LogP contribution is 2.46. The summed E-state index contributed by atoms with van der Waals surface area (Å²) >= 11 is 0. The first-order valence-electron chi connectivity index (χ1n) is 17.1. The lowest BCUT2D eigenvalue weighted by Gasteiger charge is -2.18. The van der Waals surface area contributed by atoms with E-state index in [0.29, 0.717) is 0 Å². The van der Waals surface area contributed by atoms with Gasteiger partial charge in [0.15, 0.2) is 11.0 Å². The molecule has 16 heteroatoms. The second-order valence-electron chi connectivity index (χ2n) is 12.5. The first kappa shape index (κ1) is 39.8. The molecule has 2 heterocycles. The summed E-state index contributed by atoms with van der Waals surface area (Å²) in [6.07, 6.45) is 0. The fourth-order valence-corrected chi connectivity index (χ4v) is 5.97. The molecule has 0 unspecified atom stereocenters. The number of hydrogen-bond acceptors (Lipinski definition) is 16. The molecule has 0 bridgehead atoms. The van der Waals surface area contributed by atoms with Gasteiger partial charge in [0, 0.05) is 76.9 Å². The fourth-order valence-electron chi connectivity index (χ4n) is 5.97. The van der Waals surface area contributed by atoms with Crippen LogP contribution in [0.3, 0.4) is 0 Å². The Kier molecular flexibility index (Phi) is 11.0. The smallest absolute Gasteiger partial charge is 0.308 e. The second kappa shape index (κ2) is 16.1. The van der Waals surface area contributed by atoms with Crippen LogP contribution < -0.4 is 39.3 Å². The van der Waals surface area contributed by atoms with Crippen LogP contribution in [-0.4, -0.2) is 35.8 Å². The van der Waals surface area contributed by atoms with Gasteiger partial charge in [-0.1, -0.05) is 0 Å². The zero-order valence-electron chi connectivity index (χ0n) is 31.5. The average molecular weight is 791 g/mol. The van der Waals surface area contributed by atoms with E-state index in [1.165, 1.54) is 68.4 Å². The van der Waals surface area contributed by atoms with Gasteiger partial charge in [-0.2, -0.15) is 0 Å². The van der Waals surface area contributed by atoms with Crippen LogP contribution in [0.5, 0.6) is 34.5 Å². The van der Waals surface area contributed by atoms with Crippen molar-refractivity contribution < 1.29 is 66.0 Å². The van der Waals surface area contributed by atoms with Crippen molar-refractivity contribution in [3.8, 4) is 68.3 Å². The molecule has 294 valence electrons. The Morgan fingerprint density at radius 1 is 0.448 bits per heavy atom. The largest absolute Gasteiger partial charge is 0.455 e. The van der Waals surface area contributed by atoms with E-state index in [-0.39, 0.29) is 61.8 Å². The van der Waals surface area contributed by atoms with Crippen molar-refractivity contribution in [3.63, 3.8) is 0 Å².